The molecule has 1 unspecified atom stereocenters. The van der Waals surface area contributed by atoms with Crippen molar-refractivity contribution in [2.24, 2.45) is 5.92 Å². The van der Waals surface area contributed by atoms with Crippen LogP contribution in [0, 0.1) is 5.92 Å². The highest BCUT2D eigenvalue weighted by molar-refractivity contribution is 7.98. The third-order valence-corrected chi connectivity index (χ3v) is 5.46. The van der Waals surface area contributed by atoms with Gasteiger partial charge in [-0.25, -0.2) is 4.98 Å². The van der Waals surface area contributed by atoms with Gasteiger partial charge in [-0.05, 0) is 56.8 Å². The summed E-state index contributed by atoms with van der Waals surface area (Å²) in [4.78, 5) is 20.6. The monoisotopic (exact) mass is 385 g/mol. The molecule has 0 saturated carbocycles. The van der Waals surface area contributed by atoms with Gasteiger partial charge in [0.25, 0.3) is 0 Å². The molecule has 1 aliphatic heterocycles. The fourth-order valence-electron chi connectivity index (χ4n) is 3.41. The summed E-state index contributed by atoms with van der Waals surface area (Å²) < 4.78 is 5.63. The lowest BCUT2D eigenvalue weighted by Crippen LogP contribution is -2.40. The lowest BCUT2D eigenvalue weighted by molar-refractivity contribution is -0.121. The van der Waals surface area contributed by atoms with Crippen molar-refractivity contribution in [2.45, 2.75) is 31.2 Å². The van der Waals surface area contributed by atoms with E-state index in [1.54, 1.807) is 18.0 Å². The molecule has 1 atom stereocenters. The van der Waals surface area contributed by atoms with E-state index in [4.69, 9.17) is 4.74 Å². The van der Waals surface area contributed by atoms with Gasteiger partial charge in [-0.1, -0.05) is 12.1 Å². The van der Waals surface area contributed by atoms with Gasteiger partial charge in [-0.15, -0.1) is 11.8 Å². The molecule has 1 fully saturated rings. The van der Waals surface area contributed by atoms with E-state index in [-0.39, 0.29) is 11.8 Å². The van der Waals surface area contributed by atoms with Gasteiger partial charge in [0.05, 0.1) is 12.5 Å². The minimum absolute atomic E-state index is 0.00361. The lowest BCUT2D eigenvalue weighted by atomic mass is 9.96. The number of nitrogens with zero attached hydrogens (tertiary/aromatic N) is 2. The number of anilines is 1. The standard InChI is InChI=1S/C21H27N3O2S/c1-3-26-21-17(7-5-11-22-21)15-24-12-6-8-16(14-24)20(25)23-18-9-4-10-19(13-18)27-2/h4-5,7,9-11,13,16H,3,6,8,12,14-15H2,1-2H3,(H,23,25). The molecule has 1 N–H and O–H groups in total. The normalized spacial score (nSPS) is 17.5. The molecule has 0 spiro atoms. The number of amides is 1. The van der Waals surface area contributed by atoms with Crippen molar-refractivity contribution in [3.05, 3.63) is 48.2 Å². The van der Waals surface area contributed by atoms with Gasteiger partial charge in [0.15, 0.2) is 0 Å². The van der Waals surface area contributed by atoms with Crippen LogP contribution in [0.2, 0.25) is 0 Å². The largest absolute Gasteiger partial charge is 0.478 e. The minimum atomic E-state index is 0.00361. The number of likely N-dealkylation sites (tertiary alicyclic amines) is 1. The summed E-state index contributed by atoms with van der Waals surface area (Å²) in [6.45, 7) is 5.07. The first-order valence-electron chi connectivity index (χ1n) is 9.43. The second-order valence-electron chi connectivity index (χ2n) is 6.70. The van der Waals surface area contributed by atoms with Crippen LogP contribution in [-0.2, 0) is 11.3 Å². The van der Waals surface area contributed by atoms with Crippen LogP contribution in [0.3, 0.4) is 0 Å². The first-order valence-corrected chi connectivity index (χ1v) is 10.7. The Bertz CT molecular complexity index is 769. The van der Waals surface area contributed by atoms with Crippen molar-refractivity contribution in [2.75, 3.05) is 31.3 Å². The zero-order valence-corrected chi connectivity index (χ0v) is 16.8. The summed E-state index contributed by atoms with van der Waals surface area (Å²) in [5, 5.41) is 3.09. The molecule has 5 nitrogen and oxygen atoms in total. The predicted molar refractivity (Wildman–Crippen MR) is 110 cm³/mol. The number of benzene rings is 1. The van der Waals surface area contributed by atoms with Crippen LogP contribution in [0.15, 0.2) is 47.5 Å². The minimum Gasteiger partial charge on any atom is -0.478 e. The Labute approximate surface area is 165 Å². The molecule has 144 valence electrons. The van der Waals surface area contributed by atoms with E-state index in [1.165, 1.54) is 0 Å². The Kier molecular flexibility index (Phi) is 7.12. The third kappa shape index (κ3) is 5.47. The molecule has 27 heavy (non-hydrogen) atoms. The van der Waals surface area contributed by atoms with Crippen LogP contribution in [-0.4, -0.2) is 41.7 Å². The van der Waals surface area contributed by atoms with Crippen molar-refractivity contribution in [3.63, 3.8) is 0 Å². The quantitative estimate of drug-likeness (QED) is 0.729. The molecule has 1 amide bonds. The van der Waals surface area contributed by atoms with Crippen molar-refractivity contribution >= 4 is 23.4 Å². The summed E-state index contributed by atoms with van der Waals surface area (Å²) in [7, 11) is 0. The van der Waals surface area contributed by atoms with E-state index >= 15 is 0 Å². The average Bonchev–Trinajstić information content (AvgIpc) is 2.70. The molecule has 1 aromatic heterocycles. The fraction of sp³-hybridized carbons (Fsp3) is 0.429. The molecule has 1 aromatic carbocycles. The summed E-state index contributed by atoms with van der Waals surface area (Å²) in [6, 6.07) is 12.0. The summed E-state index contributed by atoms with van der Waals surface area (Å²) in [6.07, 6.45) is 5.74. The van der Waals surface area contributed by atoms with E-state index in [1.807, 2.05) is 43.5 Å². The number of nitrogens with one attached hydrogen (secondary N) is 1. The first-order chi connectivity index (χ1) is 13.2. The molecule has 6 heteroatoms. The molecule has 2 aromatic rings. The SMILES string of the molecule is CCOc1ncccc1CN1CCCC(C(=O)Nc2cccc(SC)c2)C1. The molecular weight excluding hydrogens is 358 g/mol. The molecule has 0 aliphatic carbocycles. The van der Waals surface area contributed by atoms with Gasteiger partial charge >= 0.3 is 0 Å². The second kappa shape index (κ2) is 9.76. The summed E-state index contributed by atoms with van der Waals surface area (Å²) in [5.74, 6) is 0.804. The maximum absolute atomic E-state index is 12.8. The number of carbonyl (C=O) groups excluding carboxylic acids is 1. The van der Waals surface area contributed by atoms with E-state index in [9.17, 15) is 4.79 Å². The molecule has 0 bridgehead atoms. The third-order valence-electron chi connectivity index (χ3n) is 4.74. The van der Waals surface area contributed by atoms with Gasteiger partial charge in [0.1, 0.15) is 0 Å². The number of rotatable bonds is 7. The zero-order valence-electron chi connectivity index (χ0n) is 16.0. The van der Waals surface area contributed by atoms with E-state index < -0.39 is 0 Å². The number of thioether (sulfide) groups is 1. The Hall–Kier alpha value is -2.05. The highest BCUT2D eigenvalue weighted by Crippen LogP contribution is 2.24. The Balaban J connectivity index is 1.61. The van der Waals surface area contributed by atoms with Crippen molar-refractivity contribution in [1.29, 1.82) is 0 Å². The molecule has 1 aliphatic rings. The number of piperidine rings is 1. The number of aromatic nitrogens is 1. The highest BCUT2D eigenvalue weighted by Gasteiger charge is 2.26. The molecule has 0 radical (unpaired) electrons. The Morgan fingerprint density at radius 2 is 2.26 bits per heavy atom. The number of pyridine rings is 1. The lowest BCUT2D eigenvalue weighted by Gasteiger charge is -2.32. The van der Waals surface area contributed by atoms with Crippen LogP contribution < -0.4 is 10.1 Å². The molecule has 1 saturated heterocycles. The number of hydrogen-bond acceptors (Lipinski definition) is 5. The Morgan fingerprint density at radius 1 is 1.37 bits per heavy atom. The number of ether oxygens (including phenoxy) is 1. The predicted octanol–water partition coefficient (Wildman–Crippen LogP) is 4.05. The Morgan fingerprint density at radius 3 is 3.07 bits per heavy atom. The van der Waals surface area contributed by atoms with Gasteiger partial charge in [-0.2, -0.15) is 0 Å². The average molecular weight is 386 g/mol. The van der Waals surface area contributed by atoms with Crippen LogP contribution in [0.25, 0.3) is 0 Å². The van der Waals surface area contributed by atoms with E-state index in [0.717, 1.165) is 48.6 Å². The molecule has 3 rings (SSSR count). The summed E-state index contributed by atoms with van der Waals surface area (Å²) >= 11 is 1.68. The van der Waals surface area contributed by atoms with Crippen LogP contribution in [0.1, 0.15) is 25.3 Å². The second-order valence-corrected chi connectivity index (χ2v) is 7.58. The van der Waals surface area contributed by atoms with Crippen molar-refractivity contribution in [1.82, 2.24) is 9.88 Å². The number of carbonyl (C=O) groups is 1. The molecular formula is C21H27N3O2S. The maximum atomic E-state index is 12.8. The van der Waals surface area contributed by atoms with Gasteiger partial charge in [0, 0.05) is 35.4 Å². The van der Waals surface area contributed by atoms with Crippen molar-refractivity contribution in [3.8, 4) is 5.88 Å². The summed E-state index contributed by atoms with van der Waals surface area (Å²) in [5.41, 5.74) is 1.95. The maximum Gasteiger partial charge on any atom is 0.228 e. The first kappa shape index (κ1) is 19.7. The fourth-order valence-corrected chi connectivity index (χ4v) is 3.87. The van der Waals surface area contributed by atoms with E-state index in [2.05, 4.69) is 21.3 Å². The van der Waals surface area contributed by atoms with Crippen LogP contribution in [0.5, 0.6) is 5.88 Å². The van der Waals surface area contributed by atoms with Crippen LogP contribution in [0.4, 0.5) is 5.69 Å². The van der Waals surface area contributed by atoms with Gasteiger partial charge < -0.3 is 10.1 Å². The molecule has 2 heterocycles. The number of hydrogen-bond donors (Lipinski definition) is 1. The smallest absolute Gasteiger partial charge is 0.228 e. The van der Waals surface area contributed by atoms with E-state index in [0.29, 0.717) is 12.5 Å². The van der Waals surface area contributed by atoms with Crippen LogP contribution >= 0.6 is 11.8 Å². The topological polar surface area (TPSA) is 54.5 Å². The van der Waals surface area contributed by atoms with Crippen molar-refractivity contribution < 1.29 is 9.53 Å². The van der Waals surface area contributed by atoms with Gasteiger partial charge in [-0.3, -0.25) is 9.69 Å². The van der Waals surface area contributed by atoms with Gasteiger partial charge in [0.2, 0.25) is 11.8 Å². The highest BCUT2D eigenvalue weighted by atomic mass is 32.2. The zero-order chi connectivity index (χ0) is 19.1.